The minimum Gasteiger partial charge on any atom is -0.452 e. The topological polar surface area (TPSA) is 84.5 Å². The van der Waals surface area contributed by atoms with Gasteiger partial charge in [0.1, 0.15) is 11.9 Å². The summed E-state index contributed by atoms with van der Waals surface area (Å²) in [7, 11) is 0. The normalized spacial score (nSPS) is 11.8. The lowest BCUT2D eigenvalue weighted by molar-refractivity contribution is -0.144. The summed E-state index contributed by atoms with van der Waals surface area (Å²) < 4.78 is 17.8. The highest BCUT2D eigenvalue weighted by atomic mass is 35.5. The molecule has 1 aromatic rings. The Bertz CT molecular complexity index is 664. The van der Waals surface area contributed by atoms with E-state index in [9.17, 15) is 18.8 Å². The Balaban J connectivity index is 2.39. The van der Waals surface area contributed by atoms with Gasteiger partial charge in [0.15, 0.2) is 6.61 Å². The number of amides is 2. The van der Waals surface area contributed by atoms with Gasteiger partial charge in [0.25, 0.3) is 5.91 Å². The molecule has 2 amide bonds. The maximum absolute atomic E-state index is 13.0. The number of hydrogen-bond acceptors (Lipinski definition) is 4. The second-order valence-electron chi connectivity index (χ2n) is 5.19. The maximum Gasteiger partial charge on any atom is 0.331 e. The van der Waals surface area contributed by atoms with Gasteiger partial charge in [0, 0.05) is 12.6 Å². The third-order valence-corrected chi connectivity index (χ3v) is 3.31. The van der Waals surface area contributed by atoms with E-state index in [1.165, 1.54) is 31.2 Å². The number of carbonyl (C=O) groups excluding carboxylic acids is 3. The number of rotatable bonds is 8. The number of esters is 1. The SMILES string of the molecule is CCCNC(=O)[C@@H](C)NC(=O)COC(=O)/C=C/c1ccc(F)c(Cl)c1. The van der Waals surface area contributed by atoms with Crippen LogP contribution in [0.15, 0.2) is 24.3 Å². The summed E-state index contributed by atoms with van der Waals surface area (Å²) in [5.41, 5.74) is 0.508. The van der Waals surface area contributed by atoms with E-state index >= 15 is 0 Å². The van der Waals surface area contributed by atoms with Crippen LogP contribution >= 0.6 is 11.6 Å². The van der Waals surface area contributed by atoms with Gasteiger partial charge in [-0.3, -0.25) is 9.59 Å². The third kappa shape index (κ3) is 7.80. The molecule has 0 bridgehead atoms. The van der Waals surface area contributed by atoms with Gasteiger partial charge in [0.05, 0.1) is 5.02 Å². The Morgan fingerprint density at radius 1 is 1.36 bits per heavy atom. The molecule has 2 N–H and O–H groups in total. The van der Waals surface area contributed by atoms with Gasteiger partial charge in [-0.05, 0) is 37.1 Å². The van der Waals surface area contributed by atoms with Gasteiger partial charge >= 0.3 is 5.97 Å². The molecule has 8 heteroatoms. The van der Waals surface area contributed by atoms with Gasteiger partial charge in [-0.15, -0.1) is 0 Å². The second kappa shape index (κ2) is 10.5. The van der Waals surface area contributed by atoms with Crippen molar-refractivity contribution in [1.82, 2.24) is 10.6 Å². The number of benzene rings is 1. The molecule has 0 unspecified atom stereocenters. The summed E-state index contributed by atoms with van der Waals surface area (Å²) in [4.78, 5) is 34.8. The summed E-state index contributed by atoms with van der Waals surface area (Å²) >= 11 is 5.63. The highest BCUT2D eigenvalue weighted by Gasteiger charge is 2.15. The fraction of sp³-hybridized carbons (Fsp3) is 0.353. The van der Waals surface area contributed by atoms with Crippen LogP contribution in [-0.4, -0.2) is 37.0 Å². The summed E-state index contributed by atoms with van der Waals surface area (Å²) in [6.45, 7) is 3.45. The first-order chi connectivity index (χ1) is 11.8. The Morgan fingerprint density at radius 3 is 2.72 bits per heavy atom. The minimum absolute atomic E-state index is 0.0646. The lowest BCUT2D eigenvalue weighted by atomic mass is 10.2. The standard InChI is InChI=1S/C17H20ClFN2O4/c1-3-8-20-17(24)11(2)21-15(22)10-25-16(23)7-5-12-4-6-14(19)13(18)9-12/h4-7,9,11H,3,8,10H2,1-2H3,(H,20,24)(H,21,22)/b7-5+/t11-/m1/s1. The van der Waals surface area contributed by atoms with Gasteiger partial charge in [-0.2, -0.15) is 0 Å². The predicted octanol–water partition coefficient (Wildman–Crippen LogP) is 2.07. The van der Waals surface area contributed by atoms with Crippen molar-refractivity contribution >= 4 is 35.5 Å². The molecule has 0 spiro atoms. The number of nitrogens with one attached hydrogen (secondary N) is 2. The van der Waals surface area contributed by atoms with Crippen LogP contribution in [0.2, 0.25) is 5.02 Å². The zero-order valence-corrected chi connectivity index (χ0v) is 14.7. The fourth-order valence-corrected chi connectivity index (χ4v) is 1.90. The first-order valence-electron chi connectivity index (χ1n) is 7.70. The van der Waals surface area contributed by atoms with Crippen LogP contribution in [0.25, 0.3) is 6.08 Å². The average Bonchev–Trinajstić information content (AvgIpc) is 2.58. The van der Waals surface area contributed by atoms with Crippen molar-refractivity contribution in [1.29, 1.82) is 0 Å². The van der Waals surface area contributed by atoms with E-state index in [4.69, 9.17) is 16.3 Å². The first-order valence-corrected chi connectivity index (χ1v) is 8.08. The van der Waals surface area contributed by atoms with Gasteiger partial charge in [-0.1, -0.05) is 24.6 Å². The first kappa shape index (κ1) is 20.6. The molecule has 6 nitrogen and oxygen atoms in total. The molecule has 1 atom stereocenters. The molecule has 0 aromatic heterocycles. The van der Waals surface area contributed by atoms with Gasteiger partial charge < -0.3 is 15.4 Å². The number of ether oxygens (including phenoxy) is 1. The molecule has 0 heterocycles. The van der Waals surface area contributed by atoms with Gasteiger partial charge in [0.2, 0.25) is 5.91 Å². The smallest absolute Gasteiger partial charge is 0.331 e. The van der Waals surface area contributed by atoms with Crippen LogP contribution in [0.1, 0.15) is 25.8 Å². The molecule has 0 aliphatic heterocycles. The van der Waals surface area contributed by atoms with E-state index in [-0.39, 0.29) is 10.9 Å². The maximum atomic E-state index is 13.0. The lowest BCUT2D eigenvalue weighted by Crippen LogP contribution is -2.46. The van der Waals surface area contributed by atoms with E-state index in [0.29, 0.717) is 12.1 Å². The number of hydrogen-bond donors (Lipinski definition) is 2. The number of halogens is 2. The van der Waals surface area contributed by atoms with Crippen molar-refractivity contribution < 1.29 is 23.5 Å². The Hall–Kier alpha value is -2.41. The zero-order valence-electron chi connectivity index (χ0n) is 14.0. The van der Waals surface area contributed by atoms with Crippen LogP contribution in [0.3, 0.4) is 0 Å². The monoisotopic (exact) mass is 370 g/mol. The molecule has 0 radical (unpaired) electrons. The van der Waals surface area contributed by atoms with Crippen LogP contribution in [0, 0.1) is 5.82 Å². The lowest BCUT2D eigenvalue weighted by Gasteiger charge is -2.13. The summed E-state index contributed by atoms with van der Waals surface area (Å²) in [6, 6.07) is 3.24. The van der Waals surface area contributed by atoms with E-state index in [1.54, 1.807) is 0 Å². The fourth-order valence-electron chi connectivity index (χ4n) is 1.72. The van der Waals surface area contributed by atoms with E-state index in [0.717, 1.165) is 12.5 Å². The van der Waals surface area contributed by atoms with Crippen LogP contribution in [0.4, 0.5) is 4.39 Å². The molecule has 0 fully saturated rings. The summed E-state index contributed by atoms with van der Waals surface area (Å²) in [5.74, 6) is -2.21. The van der Waals surface area contributed by atoms with Crippen molar-refractivity contribution in [2.24, 2.45) is 0 Å². The van der Waals surface area contributed by atoms with Crippen molar-refractivity contribution in [2.75, 3.05) is 13.2 Å². The van der Waals surface area contributed by atoms with Crippen molar-refractivity contribution in [2.45, 2.75) is 26.3 Å². The highest BCUT2D eigenvalue weighted by Crippen LogP contribution is 2.16. The summed E-state index contributed by atoms with van der Waals surface area (Å²) in [6.07, 6.45) is 3.26. The Kier molecular flexibility index (Phi) is 8.63. The minimum atomic E-state index is -0.751. The Morgan fingerprint density at radius 2 is 2.08 bits per heavy atom. The van der Waals surface area contributed by atoms with Crippen molar-refractivity contribution in [3.63, 3.8) is 0 Å². The summed E-state index contributed by atoms with van der Waals surface area (Å²) in [5, 5.41) is 4.99. The largest absolute Gasteiger partial charge is 0.452 e. The van der Waals surface area contributed by atoms with E-state index < -0.39 is 30.3 Å². The van der Waals surface area contributed by atoms with E-state index in [1.807, 2.05) is 6.92 Å². The quantitative estimate of drug-likeness (QED) is 0.542. The molecule has 0 saturated carbocycles. The zero-order chi connectivity index (χ0) is 18.8. The molecular weight excluding hydrogens is 351 g/mol. The van der Waals surface area contributed by atoms with E-state index in [2.05, 4.69) is 10.6 Å². The highest BCUT2D eigenvalue weighted by molar-refractivity contribution is 6.30. The molecular formula is C17H20ClFN2O4. The van der Waals surface area contributed by atoms with Crippen LogP contribution in [-0.2, 0) is 19.1 Å². The Labute approximate surface area is 150 Å². The molecule has 136 valence electrons. The third-order valence-electron chi connectivity index (χ3n) is 3.02. The molecule has 0 saturated heterocycles. The van der Waals surface area contributed by atoms with Crippen LogP contribution in [0.5, 0.6) is 0 Å². The molecule has 0 aliphatic rings. The van der Waals surface area contributed by atoms with Crippen molar-refractivity contribution in [3.05, 3.63) is 40.7 Å². The average molecular weight is 371 g/mol. The second-order valence-corrected chi connectivity index (χ2v) is 5.60. The van der Waals surface area contributed by atoms with Crippen LogP contribution < -0.4 is 10.6 Å². The predicted molar refractivity (Wildman–Crippen MR) is 92.3 cm³/mol. The molecule has 1 aromatic carbocycles. The van der Waals surface area contributed by atoms with Gasteiger partial charge in [-0.25, -0.2) is 9.18 Å². The molecule has 0 aliphatic carbocycles. The number of carbonyl (C=O) groups is 3. The molecule has 25 heavy (non-hydrogen) atoms. The molecule has 1 rings (SSSR count). The van der Waals surface area contributed by atoms with Crippen molar-refractivity contribution in [3.8, 4) is 0 Å².